The molecule has 53 heavy (non-hydrogen) atoms. The molecule has 5 heterocycles. The van der Waals surface area contributed by atoms with Crippen LogP contribution in [0.15, 0.2) is 84.9 Å². The van der Waals surface area contributed by atoms with Crippen molar-refractivity contribution in [1.29, 1.82) is 0 Å². The minimum Gasteiger partial charge on any atom is -0.487 e. The molecule has 0 aliphatic carbocycles. The fourth-order valence-electron chi connectivity index (χ4n) is 7.15. The summed E-state index contributed by atoms with van der Waals surface area (Å²) in [4.78, 5) is 54.1. The molecule has 3 aromatic heterocycles. The lowest BCUT2D eigenvalue weighted by Gasteiger charge is -2.26. The Morgan fingerprint density at radius 3 is 1.45 bits per heavy atom. The molecule has 9 rings (SSSR count). The van der Waals surface area contributed by atoms with Crippen LogP contribution in [0.3, 0.4) is 0 Å². The molecule has 13 heteroatoms. The number of fused-ring (bicyclic) bond motifs is 20. The number of aromatic nitrogens is 8. The van der Waals surface area contributed by atoms with Gasteiger partial charge in [0, 0.05) is 56.9 Å². The third kappa shape index (κ3) is 5.62. The molecule has 0 fully saturated rings. The van der Waals surface area contributed by atoms with E-state index in [-0.39, 0.29) is 23.1 Å². The van der Waals surface area contributed by atoms with Gasteiger partial charge in [-0.15, -0.1) is 0 Å². The van der Waals surface area contributed by atoms with E-state index in [9.17, 15) is 9.90 Å². The molecule has 2 aliphatic rings. The van der Waals surface area contributed by atoms with Gasteiger partial charge in [0.2, 0.25) is 0 Å². The van der Waals surface area contributed by atoms with Gasteiger partial charge in [-0.2, -0.15) is 0 Å². The standard InChI is InChI=1S/C40H34N10O3/c1-49(2)19-21(20-50(3)4)53-29-18-17-28-30(31(29)40(51)52)39-47-37-27-16-10-9-15-26(27)35(45-37)43-33-23-12-6-5-11-22(23)32(41-33)42-34-24-13-7-8-14-25(24)36(44-34)46-38(28)48-39/h5-18,21H,19-20H2,1-4H3,(H,51,52)(H2,41,42,43,44,45,46,47,48). The Kier molecular flexibility index (Phi) is 7.68. The van der Waals surface area contributed by atoms with E-state index in [0.717, 1.165) is 33.0 Å². The summed E-state index contributed by atoms with van der Waals surface area (Å²) < 4.78 is 6.50. The Labute approximate surface area is 303 Å². The van der Waals surface area contributed by atoms with Crippen molar-refractivity contribution < 1.29 is 14.6 Å². The van der Waals surface area contributed by atoms with Gasteiger partial charge in [-0.3, -0.25) is 0 Å². The minimum atomic E-state index is -1.16. The highest BCUT2D eigenvalue weighted by molar-refractivity contribution is 6.16. The highest BCUT2D eigenvalue weighted by Gasteiger charge is 2.26. The second kappa shape index (κ2) is 12.6. The van der Waals surface area contributed by atoms with Gasteiger partial charge < -0.3 is 29.6 Å². The smallest absolute Gasteiger partial charge is 0.340 e. The van der Waals surface area contributed by atoms with Gasteiger partial charge in [-0.25, -0.2) is 34.7 Å². The van der Waals surface area contributed by atoms with E-state index in [0.29, 0.717) is 64.1 Å². The Hall–Kier alpha value is -6.57. The molecule has 4 aromatic carbocycles. The number of rotatable bonds is 7. The zero-order chi connectivity index (χ0) is 36.4. The number of H-pyrrole nitrogens is 2. The fourth-order valence-corrected chi connectivity index (χ4v) is 7.15. The van der Waals surface area contributed by atoms with Gasteiger partial charge in [0.15, 0.2) is 23.3 Å². The number of likely N-dealkylation sites (N-methyl/N-ethyl adjacent to an activating group) is 2. The van der Waals surface area contributed by atoms with Gasteiger partial charge in [-0.1, -0.05) is 72.8 Å². The van der Waals surface area contributed by atoms with Gasteiger partial charge in [0.1, 0.15) is 40.0 Å². The van der Waals surface area contributed by atoms with E-state index < -0.39 is 5.97 Å². The molecule has 7 aromatic rings. The lowest BCUT2D eigenvalue weighted by Crippen LogP contribution is -2.39. The van der Waals surface area contributed by atoms with Crippen molar-refractivity contribution in [3.05, 3.63) is 90.5 Å². The molecule has 0 saturated heterocycles. The van der Waals surface area contributed by atoms with E-state index in [4.69, 9.17) is 34.6 Å². The minimum absolute atomic E-state index is 0.0266. The molecular formula is C40H34N10O3. The predicted octanol–water partition coefficient (Wildman–Crippen LogP) is 6.44. The largest absolute Gasteiger partial charge is 0.487 e. The van der Waals surface area contributed by atoms with Crippen LogP contribution in [0.4, 0.5) is 0 Å². The van der Waals surface area contributed by atoms with Crippen molar-refractivity contribution in [3.8, 4) is 51.3 Å². The molecular weight excluding hydrogens is 669 g/mol. The lowest BCUT2D eigenvalue weighted by atomic mass is 10.1. The molecule has 3 N–H and O–H groups in total. The molecule has 0 spiro atoms. The van der Waals surface area contributed by atoms with Gasteiger partial charge in [0.25, 0.3) is 0 Å². The van der Waals surface area contributed by atoms with Crippen molar-refractivity contribution in [1.82, 2.24) is 49.7 Å². The fraction of sp³-hybridized carbons (Fsp3) is 0.175. The van der Waals surface area contributed by atoms with Crippen molar-refractivity contribution in [2.45, 2.75) is 6.10 Å². The summed E-state index contributed by atoms with van der Waals surface area (Å²) in [5.41, 5.74) is 4.99. The number of benzene rings is 4. The number of carboxylic acid groups (broad SMARTS) is 1. The maximum atomic E-state index is 13.3. The molecule has 2 aliphatic heterocycles. The third-order valence-corrected chi connectivity index (χ3v) is 9.33. The van der Waals surface area contributed by atoms with E-state index >= 15 is 0 Å². The number of nitrogens with zero attached hydrogens (tertiary/aromatic N) is 8. The van der Waals surface area contributed by atoms with E-state index in [1.54, 1.807) is 6.07 Å². The van der Waals surface area contributed by atoms with Crippen LogP contribution in [0.2, 0.25) is 0 Å². The second-order valence-electron chi connectivity index (χ2n) is 13.7. The average Bonchev–Trinajstić information content (AvgIpc) is 3.86. The van der Waals surface area contributed by atoms with E-state index in [1.807, 2.05) is 117 Å². The van der Waals surface area contributed by atoms with Crippen molar-refractivity contribution in [2.75, 3.05) is 41.3 Å². The first-order chi connectivity index (χ1) is 25.7. The summed E-state index contributed by atoms with van der Waals surface area (Å²) in [6.07, 6.45) is -0.315. The second-order valence-corrected chi connectivity index (χ2v) is 13.7. The summed E-state index contributed by atoms with van der Waals surface area (Å²) in [7, 11) is 7.83. The number of nitrogens with one attached hydrogen (secondary N) is 2. The zero-order valence-electron chi connectivity index (χ0n) is 29.4. The molecule has 8 bridgehead atoms. The summed E-state index contributed by atoms with van der Waals surface area (Å²) in [6.45, 7) is 1.16. The molecule has 0 radical (unpaired) electrons. The predicted molar refractivity (Wildman–Crippen MR) is 205 cm³/mol. The maximum absolute atomic E-state index is 13.3. The lowest BCUT2D eigenvalue weighted by molar-refractivity contribution is 0.0686. The van der Waals surface area contributed by atoms with Crippen LogP contribution in [-0.4, -0.2) is 108 Å². The molecule has 0 atom stereocenters. The first-order valence-electron chi connectivity index (χ1n) is 17.2. The van der Waals surface area contributed by atoms with Crippen molar-refractivity contribution >= 4 is 50.1 Å². The number of ether oxygens (including phenoxy) is 1. The molecule has 262 valence electrons. The highest BCUT2D eigenvalue weighted by atomic mass is 16.5. The average molecular weight is 703 g/mol. The monoisotopic (exact) mass is 702 g/mol. The highest BCUT2D eigenvalue weighted by Crippen LogP contribution is 2.38. The summed E-state index contributed by atoms with van der Waals surface area (Å²) >= 11 is 0. The number of aromatic carboxylic acids is 1. The van der Waals surface area contributed by atoms with Crippen LogP contribution >= 0.6 is 0 Å². The quantitative estimate of drug-likeness (QED) is 0.168. The SMILES string of the molecule is CN(C)CC(CN(C)C)Oc1ccc2c3nc4nc(nc5[nH]c(nc6nc(nc([nH]3)c2c1C(=O)O)-c1ccccc1-6)c1ccccc51)-c1ccccc1-4. The molecule has 0 unspecified atom stereocenters. The number of hydrogen-bond acceptors (Lipinski definition) is 10. The summed E-state index contributed by atoms with van der Waals surface area (Å²) in [6, 6.07) is 26.9. The Balaban J connectivity index is 1.41. The van der Waals surface area contributed by atoms with Crippen LogP contribution in [-0.2, 0) is 0 Å². The van der Waals surface area contributed by atoms with Crippen LogP contribution in [0.25, 0.3) is 89.7 Å². The first-order valence-corrected chi connectivity index (χ1v) is 17.2. The van der Waals surface area contributed by atoms with Crippen LogP contribution in [0, 0.1) is 0 Å². The maximum Gasteiger partial charge on any atom is 0.340 e. The van der Waals surface area contributed by atoms with Crippen LogP contribution in [0.1, 0.15) is 10.4 Å². The topological polar surface area (TPSA) is 162 Å². The summed E-state index contributed by atoms with van der Waals surface area (Å²) in [5.74, 6) is 0.823. The Bertz CT molecular complexity index is 2770. The number of carboxylic acids is 1. The number of hydrogen-bond donors (Lipinski definition) is 3. The summed E-state index contributed by atoms with van der Waals surface area (Å²) in [5, 5.41) is 13.5. The van der Waals surface area contributed by atoms with Gasteiger partial charge in [-0.05, 0) is 40.3 Å². The Morgan fingerprint density at radius 2 is 1.00 bits per heavy atom. The third-order valence-electron chi connectivity index (χ3n) is 9.33. The normalized spacial score (nSPS) is 12.2. The zero-order valence-corrected chi connectivity index (χ0v) is 29.4. The van der Waals surface area contributed by atoms with Gasteiger partial charge >= 0.3 is 5.97 Å². The first kappa shape index (κ1) is 32.3. The molecule has 0 saturated carbocycles. The van der Waals surface area contributed by atoms with Gasteiger partial charge in [0.05, 0.1) is 0 Å². The molecule has 13 nitrogen and oxygen atoms in total. The van der Waals surface area contributed by atoms with E-state index in [1.165, 1.54) is 0 Å². The Morgan fingerprint density at radius 1 is 0.585 bits per heavy atom. The number of carbonyl (C=O) groups is 1. The number of aromatic amines is 2. The van der Waals surface area contributed by atoms with Crippen molar-refractivity contribution in [3.63, 3.8) is 0 Å². The molecule has 0 amide bonds. The van der Waals surface area contributed by atoms with Crippen molar-refractivity contribution in [2.24, 2.45) is 0 Å². The van der Waals surface area contributed by atoms with Crippen LogP contribution in [0.5, 0.6) is 5.75 Å². The van der Waals surface area contributed by atoms with E-state index in [2.05, 4.69) is 9.97 Å². The van der Waals surface area contributed by atoms with Crippen LogP contribution < -0.4 is 4.74 Å².